The van der Waals surface area contributed by atoms with Crippen LogP contribution in [0.15, 0.2) is 97.2 Å². The lowest BCUT2D eigenvalue weighted by Gasteiger charge is -2.31. The maximum Gasteiger partial charge on any atom is -0.00120 e. The van der Waals surface area contributed by atoms with Crippen LogP contribution in [0.25, 0.3) is 0 Å². The summed E-state index contributed by atoms with van der Waals surface area (Å²) in [5.41, 5.74) is 7.91. The maximum absolute atomic E-state index is 3.95. The minimum Gasteiger partial charge on any atom is -0.103 e. The van der Waals surface area contributed by atoms with E-state index in [-0.39, 0.29) is 0 Å². The summed E-state index contributed by atoms with van der Waals surface area (Å²) in [5, 5.41) is 0. The molecule has 1 aromatic rings. The second-order valence-corrected chi connectivity index (χ2v) is 11.2. The van der Waals surface area contributed by atoms with Crippen molar-refractivity contribution < 1.29 is 0 Å². The van der Waals surface area contributed by atoms with Gasteiger partial charge in [0, 0.05) is 0 Å². The van der Waals surface area contributed by atoms with Crippen molar-refractivity contribution in [3.05, 3.63) is 108 Å². The molecule has 1 aromatic carbocycles. The van der Waals surface area contributed by atoms with E-state index in [9.17, 15) is 0 Å². The molecule has 202 valence electrons. The van der Waals surface area contributed by atoms with Gasteiger partial charge in [-0.15, -0.1) is 19.7 Å². The lowest BCUT2D eigenvalue weighted by Crippen LogP contribution is -2.17. The molecule has 0 saturated heterocycles. The number of hydrogen-bond acceptors (Lipinski definition) is 0. The molecule has 0 N–H and O–H groups in total. The van der Waals surface area contributed by atoms with Crippen LogP contribution in [0.1, 0.15) is 109 Å². The molecule has 2 aliphatic carbocycles. The largest absolute Gasteiger partial charge is 0.103 e. The van der Waals surface area contributed by atoms with Crippen LogP contribution in [-0.2, 0) is 5.41 Å². The third-order valence-corrected chi connectivity index (χ3v) is 8.51. The van der Waals surface area contributed by atoms with Crippen LogP contribution < -0.4 is 0 Å². The van der Waals surface area contributed by atoms with Crippen molar-refractivity contribution in [2.24, 2.45) is 11.8 Å². The van der Waals surface area contributed by atoms with Gasteiger partial charge in [0.1, 0.15) is 0 Å². The Kier molecular flexibility index (Phi) is 13.8. The lowest BCUT2D eigenvalue weighted by atomic mass is 9.74. The molecule has 3 rings (SSSR count). The molecule has 0 aliphatic heterocycles. The molecule has 2 fully saturated rings. The highest BCUT2D eigenvalue weighted by molar-refractivity contribution is 5.45. The molecule has 0 radical (unpaired) electrons. The first-order valence-electron chi connectivity index (χ1n) is 14.9. The number of allylic oxidation sites excluding steroid dienone is 9. The SMILES string of the molecule is C=CCC1(c2ccc(C)cc2)CC1.C=CCCCC1CCC(C(=C/C)/C(/C=C\C)=C(\CC)CC=C)CC1. The van der Waals surface area contributed by atoms with Gasteiger partial charge in [0.2, 0.25) is 0 Å². The Morgan fingerprint density at radius 1 is 0.946 bits per heavy atom. The zero-order valence-corrected chi connectivity index (χ0v) is 24.5. The highest BCUT2D eigenvalue weighted by Crippen LogP contribution is 2.51. The minimum atomic E-state index is 0.468. The van der Waals surface area contributed by atoms with E-state index >= 15 is 0 Å². The van der Waals surface area contributed by atoms with Crippen LogP contribution in [-0.4, -0.2) is 0 Å². The Morgan fingerprint density at radius 3 is 2.11 bits per heavy atom. The zero-order chi connectivity index (χ0) is 27.1. The van der Waals surface area contributed by atoms with Gasteiger partial charge in [-0.25, -0.2) is 0 Å². The van der Waals surface area contributed by atoms with Crippen LogP contribution in [0.2, 0.25) is 0 Å². The summed E-state index contributed by atoms with van der Waals surface area (Å²) in [6.07, 6.45) is 28.3. The molecule has 0 unspecified atom stereocenters. The van der Waals surface area contributed by atoms with Crippen molar-refractivity contribution in [1.29, 1.82) is 0 Å². The summed E-state index contributed by atoms with van der Waals surface area (Å²) in [4.78, 5) is 0. The second kappa shape index (κ2) is 16.5. The van der Waals surface area contributed by atoms with Crippen LogP contribution in [0.4, 0.5) is 0 Å². The average Bonchev–Trinajstić information content (AvgIpc) is 3.70. The summed E-state index contributed by atoms with van der Waals surface area (Å²) in [6, 6.07) is 8.95. The fourth-order valence-electron chi connectivity index (χ4n) is 6.07. The van der Waals surface area contributed by atoms with Crippen LogP contribution in [0.5, 0.6) is 0 Å². The summed E-state index contributed by atoms with van der Waals surface area (Å²) in [5.74, 6) is 1.68. The molecule has 2 saturated carbocycles. The molecule has 37 heavy (non-hydrogen) atoms. The van der Waals surface area contributed by atoms with Crippen molar-refractivity contribution in [2.75, 3.05) is 0 Å². The van der Waals surface area contributed by atoms with Gasteiger partial charge in [0.15, 0.2) is 0 Å². The summed E-state index contributed by atoms with van der Waals surface area (Å²) < 4.78 is 0. The van der Waals surface area contributed by atoms with Crippen molar-refractivity contribution in [3.63, 3.8) is 0 Å². The minimum absolute atomic E-state index is 0.468. The molecule has 0 nitrogen and oxygen atoms in total. The van der Waals surface area contributed by atoms with Gasteiger partial charge in [0.05, 0.1) is 0 Å². The van der Waals surface area contributed by atoms with Gasteiger partial charge in [-0.05, 0) is 125 Å². The topological polar surface area (TPSA) is 0 Å². The Hall–Kier alpha value is -2.34. The number of benzene rings is 1. The van der Waals surface area contributed by atoms with Crippen molar-refractivity contribution in [3.8, 4) is 0 Å². The molecule has 0 amide bonds. The van der Waals surface area contributed by atoms with Gasteiger partial charge < -0.3 is 0 Å². The van der Waals surface area contributed by atoms with E-state index in [2.05, 4.69) is 96.0 Å². The zero-order valence-electron chi connectivity index (χ0n) is 24.5. The lowest BCUT2D eigenvalue weighted by molar-refractivity contribution is 0.285. The number of rotatable bonds is 13. The molecule has 0 atom stereocenters. The van der Waals surface area contributed by atoms with Gasteiger partial charge in [-0.2, -0.15) is 0 Å². The van der Waals surface area contributed by atoms with Gasteiger partial charge in [0.25, 0.3) is 0 Å². The highest BCUT2D eigenvalue weighted by atomic mass is 14.5. The van der Waals surface area contributed by atoms with Crippen molar-refractivity contribution in [1.82, 2.24) is 0 Å². The molecule has 0 heterocycles. The monoisotopic (exact) mass is 498 g/mol. The Bertz CT molecular complexity index is 921. The fraction of sp³-hybridized carbons (Fsp3) is 0.514. The normalized spacial score (nSPS) is 21.5. The van der Waals surface area contributed by atoms with Crippen LogP contribution >= 0.6 is 0 Å². The van der Waals surface area contributed by atoms with Crippen molar-refractivity contribution in [2.45, 2.75) is 110 Å². The molecule has 0 aromatic heterocycles. The van der Waals surface area contributed by atoms with Crippen LogP contribution in [0.3, 0.4) is 0 Å². The van der Waals surface area contributed by atoms with E-state index in [0.29, 0.717) is 5.41 Å². The predicted molar refractivity (Wildman–Crippen MR) is 167 cm³/mol. The van der Waals surface area contributed by atoms with Gasteiger partial charge >= 0.3 is 0 Å². The highest BCUT2D eigenvalue weighted by Gasteiger charge is 2.42. The summed E-state index contributed by atoms with van der Waals surface area (Å²) in [7, 11) is 0. The number of hydrogen-bond donors (Lipinski definition) is 0. The second-order valence-electron chi connectivity index (χ2n) is 11.2. The van der Waals surface area contributed by atoms with Gasteiger partial charge in [-0.3, -0.25) is 0 Å². The Balaban J connectivity index is 0.000000308. The standard InChI is InChI=1S/C24H38.C13H16/c1-6-11-12-15-20-16-18-22(19-17-20)23(10-5)24(14-8-3)21(9-4)13-7-2;1-3-8-13(9-10-13)12-6-4-11(2)5-7-12/h6-8,10,14,20,22H,1-2,9,11-13,15-19H2,3-5H3;3-7H,1,8-10H2,2H3/b14-8-,23-10-,24-21+;. The number of unbranched alkanes of at least 4 members (excludes halogenated alkanes) is 1. The van der Waals surface area contributed by atoms with Gasteiger partial charge in [-0.1, -0.05) is 85.2 Å². The van der Waals surface area contributed by atoms with E-state index in [4.69, 9.17) is 0 Å². The smallest absolute Gasteiger partial charge is 0.00120 e. The third kappa shape index (κ3) is 9.48. The Morgan fingerprint density at radius 2 is 1.62 bits per heavy atom. The molecule has 0 heteroatoms. The van der Waals surface area contributed by atoms with E-state index in [0.717, 1.165) is 31.1 Å². The number of aryl methyl sites for hydroxylation is 1. The molecular weight excluding hydrogens is 444 g/mol. The third-order valence-electron chi connectivity index (χ3n) is 8.51. The molecule has 0 bridgehead atoms. The first-order valence-corrected chi connectivity index (χ1v) is 14.9. The molecule has 2 aliphatic rings. The maximum atomic E-state index is 3.95. The molecular formula is C37H54. The predicted octanol–water partition coefficient (Wildman–Crippen LogP) is 11.6. The van der Waals surface area contributed by atoms with E-state index < -0.39 is 0 Å². The average molecular weight is 499 g/mol. The first-order chi connectivity index (χ1) is 18.0. The first kappa shape index (κ1) is 30.9. The van der Waals surface area contributed by atoms with E-state index in [1.165, 1.54) is 80.1 Å². The Labute approximate surface area is 230 Å². The van der Waals surface area contributed by atoms with E-state index in [1.54, 1.807) is 5.57 Å². The summed E-state index contributed by atoms with van der Waals surface area (Å²) in [6.45, 7) is 20.4. The van der Waals surface area contributed by atoms with Crippen molar-refractivity contribution >= 4 is 0 Å². The van der Waals surface area contributed by atoms with Crippen LogP contribution in [0, 0.1) is 18.8 Å². The fourth-order valence-corrected chi connectivity index (χ4v) is 6.07. The van der Waals surface area contributed by atoms with E-state index in [1.807, 2.05) is 12.2 Å². The summed E-state index contributed by atoms with van der Waals surface area (Å²) >= 11 is 0. The molecule has 0 spiro atoms. The quantitative estimate of drug-likeness (QED) is 0.144.